The molecule has 1 aromatic heterocycles. The fourth-order valence-corrected chi connectivity index (χ4v) is 3.74. The van der Waals surface area contributed by atoms with E-state index in [0.29, 0.717) is 41.8 Å². The normalized spacial score (nSPS) is 13.5. The van der Waals surface area contributed by atoms with Gasteiger partial charge in [0.2, 0.25) is 11.6 Å². The van der Waals surface area contributed by atoms with Crippen LogP contribution < -0.4 is 29.8 Å². The summed E-state index contributed by atoms with van der Waals surface area (Å²) in [6.45, 7) is 2.67. The first-order valence-electron chi connectivity index (χ1n) is 9.20. The Hall–Kier alpha value is -3.40. The molecule has 10 heteroatoms. The van der Waals surface area contributed by atoms with Gasteiger partial charge < -0.3 is 19.5 Å². The lowest BCUT2D eigenvalue weighted by Gasteiger charge is -2.19. The van der Waals surface area contributed by atoms with Gasteiger partial charge in [0.05, 0.1) is 12.4 Å². The number of H-pyrrole nitrogens is 1. The molecule has 0 aliphatic carbocycles. The number of carbonyl (C=O) groups excluding carboxylic acids is 1. The lowest BCUT2D eigenvalue weighted by molar-refractivity contribution is -0.704. The van der Waals surface area contributed by atoms with Gasteiger partial charge >= 0.3 is 10.7 Å². The zero-order chi connectivity index (χ0) is 21.1. The number of ether oxygens (including phenoxy) is 3. The van der Waals surface area contributed by atoms with Crippen molar-refractivity contribution in [2.45, 2.75) is 17.2 Å². The number of methoxy groups -OCH3 is 1. The second kappa shape index (κ2) is 8.54. The van der Waals surface area contributed by atoms with E-state index in [-0.39, 0.29) is 10.9 Å². The molecule has 9 nitrogen and oxygen atoms in total. The maximum absolute atomic E-state index is 12.7. The van der Waals surface area contributed by atoms with Crippen molar-refractivity contribution in [1.29, 1.82) is 0 Å². The topological polar surface area (TPSA) is 107 Å². The summed E-state index contributed by atoms with van der Waals surface area (Å²) in [5, 5.41) is 5.08. The Kier molecular flexibility index (Phi) is 5.66. The van der Waals surface area contributed by atoms with Gasteiger partial charge in [-0.2, -0.15) is 0 Å². The summed E-state index contributed by atoms with van der Waals surface area (Å²) in [7, 11) is 1.57. The fraction of sp³-hybridized carbons (Fsp3) is 0.250. The van der Waals surface area contributed by atoms with Crippen LogP contribution in [0.1, 0.15) is 6.92 Å². The number of nitrogens with one attached hydrogen (secondary N) is 2. The van der Waals surface area contributed by atoms with Crippen molar-refractivity contribution < 1.29 is 28.2 Å². The van der Waals surface area contributed by atoms with E-state index in [1.165, 1.54) is 4.68 Å². The molecule has 1 aliphatic heterocycles. The number of fused-ring (bicyclic) bond motifs is 1. The Labute approximate surface area is 175 Å². The van der Waals surface area contributed by atoms with E-state index in [2.05, 4.69) is 10.6 Å². The lowest BCUT2D eigenvalue weighted by atomic mass is 10.2. The SMILES string of the molecule is COc1ccc(-[n+]2[nH]oc(=O)c2SC(C)C(=O)Nc2ccc3c(c2)OCCO3)cc1. The van der Waals surface area contributed by atoms with Crippen LogP contribution in [-0.2, 0) is 4.79 Å². The van der Waals surface area contributed by atoms with Crippen LogP contribution in [0, 0.1) is 0 Å². The Morgan fingerprint density at radius 1 is 1.17 bits per heavy atom. The number of hydrogen-bond acceptors (Lipinski definition) is 7. The third kappa shape index (κ3) is 4.13. The molecular weight excluding hydrogens is 410 g/mol. The van der Waals surface area contributed by atoms with Crippen molar-refractivity contribution >= 4 is 23.4 Å². The predicted octanol–water partition coefficient (Wildman–Crippen LogP) is 2.14. The van der Waals surface area contributed by atoms with E-state index in [1.54, 1.807) is 56.5 Å². The molecule has 2 aromatic carbocycles. The lowest BCUT2D eigenvalue weighted by Crippen LogP contribution is -2.37. The van der Waals surface area contributed by atoms with E-state index in [9.17, 15) is 9.59 Å². The minimum absolute atomic E-state index is 0.255. The first-order valence-corrected chi connectivity index (χ1v) is 10.1. The molecule has 2 heterocycles. The Balaban J connectivity index is 1.48. The second-order valence-corrected chi connectivity index (χ2v) is 7.76. The van der Waals surface area contributed by atoms with Crippen LogP contribution in [-0.4, -0.2) is 36.8 Å². The number of amides is 1. The van der Waals surface area contributed by atoms with Crippen molar-refractivity contribution in [2.24, 2.45) is 0 Å². The number of carbonyl (C=O) groups is 1. The van der Waals surface area contributed by atoms with Crippen LogP contribution >= 0.6 is 11.8 Å². The Morgan fingerprint density at radius 2 is 1.90 bits per heavy atom. The summed E-state index contributed by atoms with van der Waals surface area (Å²) in [5.74, 6) is 1.65. The number of aromatic amines is 1. The smallest absolute Gasteiger partial charge is 0.442 e. The summed E-state index contributed by atoms with van der Waals surface area (Å²) in [5.41, 5.74) is 0.694. The maximum atomic E-state index is 12.7. The second-order valence-electron chi connectivity index (χ2n) is 6.43. The molecule has 0 fully saturated rings. The number of nitrogens with zero attached hydrogens (tertiary/aromatic N) is 1. The number of hydrogen-bond donors (Lipinski definition) is 2. The Bertz CT molecular complexity index is 1110. The average molecular weight is 430 g/mol. The van der Waals surface area contributed by atoms with Crippen LogP contribution in [0.25, 0.3) is 5.69 Å². The minimum atomic E-state index is -0.568. The summed E-state index contributed by atoms with van der Waals surface area (Å²) < 4.78 is 22.6. The number of benzene rings is 2. The predicted molar refractivity (Wildman–Crippen MR) is 109 cm³/mol. The summed E-state index contributed by atoms with van der Waals surface area (Å²) in [6.07, 6.45) is 0. The van der Waals surface area contributed by atoms with Gasteiger partial charge in [0.25, 0.3) is 0 Å². The van der Waals surface area contributed by atoms with Crippen molar-refractivity contribution in [3.05, 3.63) is 52.9 Å². The van der Waals surface area contributed by atoms with Crippen molar-refractivity contribution in [3.8, 4) is 22.9 Å². The van der Waals surface area contributed by atoms with E-state index in [0.717, 1.165) is 11.8 Å². The van der Waals surface area contributed by atoms with Gasteiger partial charge in [0.15, 0.2) is 11.5 Å². The highest BCUT2D eigenvalue weighted by molar-refractivity contribution is 8.00. The number of aromatic nitrogens is 2. The highest BCUT2D eigenvalue weighted by atomic mass is 32.2. The molecule has 4 rings (SSSR count). The van der Waals surface area contributed by atoms with Gasteiger partial charge in [0.1, 0.15) is 19.0 Å². The molecule has 1 atom stereocenters. The van der Waals surface area contributed by atoms with Gasteiger partial charge in [-0.3, -0.25) is 9.32 Å². The summed E-state index contributed by atoms with van der Waals surface area (Å²) in [4.78, 5) is 24.9. The van der Waals surface area contributed by atoms with E-state index >= 15 is 0 Å². The molecule has 0 spiro atoms. The molecule has 1 amide bonds. The standard InChI is InChI=1S/C20H19N3O6S/c1-12(18(24)21-13-3-8-16-17(11-13)28-10-9-27-16)30-19-20(25)29-22-23(19)14-4-6-15(26-2)7-5-14/h3-8,11-12H,9-10H2,1-2H3,(H-,21,22,24,25)/p+1. The van der Waals surface area contributed by atoms with Gasteiger partial charge in [-0.1, -0.05) is 0 Å². The van der Waals surface area contributed by atoms with Crippen molar-refractivity contribution in [1.82, 2.24) is 5.27 Å². The summed E-state index contributed by atoms with van der Waals surface area (Å²) >= 11 is 1.09. The van der Waals surface area contributed by atoms with Crippen LogP contribution in [0.3, 0.4) is 0 Å². The van der Waals surface area contributed by atoms with Crippen LogP contribution in [0.2, 0.25) is 0 Å². The van der Waals surface area contributed by atoms with E-state index < -0.39 is 10.9 Å². The van der Waals surface area contributed by atoms with Crippen LogP contribution in [0.4, 0.5) is 5.69 Å². The number of anilines is 1. The van der Waals surface area contributed by atoms with Crippen LogP contribution in [0.15, 0.2) is 56.8 Å². The molecule has 0 radical (unpaired) electrons. The van der Waals surface area contributed by atoms with Gasteiger partial charge in [-0.05, 0) is 52.9 Å². The van der Waals surface area contributed by atoms with Gasteiger partial charge in [-0.15, -0.1) is 0 Å². The highest BCUT2D eigenvalue weighted by Gasteiger charge is 2.29. The Morgan fingerprint density at radius 3 is 2.63 bits per heavy atom. The molecule has 30 heavy (non-hydrogen) atoms. The number of rotatable bonds is 6. The summed E-state index contributed by atoms with van der Waals surface area (Å²) in [6, 6.07) is 12.3. The van der Waals surface area contributed by atoms with Gasteiger partial charge in [-0.25, -0.2) is 4.79 Å². The molecule has 1 unspecified atom stereocenters. The maximum Gasteiger partial charge on any atom is 0.442 e. The molecule has 0 saturated heterocycles. The monoisotopic (exact) mass is 430 g/mol. The minimum Gasteiger partial charge on any atom is -0.497 e. The third-order valence-electron chi connectivity index (χ3n) is 4.41. The van der Waals surface area contributed by atoms with Gasteiger partial charge in [0, 0.05) is 23.9 Å². The largest absolute Gasteiger partial charge is 0.497 e. The van der Waals surface area contributed by atoms with Crippen molar-refractivity contribution in [3.63, 3.8) is 0 Å². The molecule has 3 aromatic rings. The zero-order valence-electron chi connectivity index (χ0n) is 16.3. The molecule has 1 aliphatic rings. The quantitative estimate of drug-likeness (QED) is 0.456. The fourth-order valence-electron chi connectivity index (χ4n) is 2.85. The molecular formula is C20H20N3O6S+. The molecule has 0 saturated carbocycles. The van der Waals surface area contributed by atoms with Crippen LogP contribution in [0.5, 0.6) is 17.2 Å². The van der Waals surface area contributed by atoms with E-state index in [4.69, 9.17) is 18.7 Å². The first-order chi connectivity index (χ1) is 14.5. The molecule has 156 valence electrons. The molecule has 2 N–H and O–H groups in total. The highest BCUT2D eigenvalue weighted by Crippen LogP contribution is 2.33. The average Bonchev–Trinajstić information content (AvgIpc) is 3.13. The zero-order valence-corrected chi connectivity index (χ0v) is 17.2. The van der Waals surface area contributed by atoms with E-state index in [1.807, 2.05) is 0 Å². The third-order valence-corrected chi connectivity index (χ3v) is 5.55. The first kappa shape index (κ1) is 19.9. The van der Waals surface area contributed by atoms with Crippen molar-refractivity contribution in [2.75, 3.05) is 25.6 Å². The molecule has 0 bridgehead atoms. The number of thioether (sulfide) groups is 1.